The molecule has 0 fully saturated rings. The number of anilines is 2. The number of benzene rings is 1. The maximum Gasteiger partial charge on any atom is 0.573 e. The predicted molar refractivity (Wildman–Crippen MR) is 66.1 cm³/mol. The zero-order chi connectivity index (χ0) is 13.9. The molecular formula is C11H7BrF3N3O. The van der Waals surface area contributed by atoms with Crippen LogP contribution in [0.3, 0.4) is 0 Å². The molecule has 0 aliphatic carbocycles. The van der Waals surface area contributed by atoms with Gasteiger partial charge in [0.05, 0.1) is 0 Å². The largest absolute Gasteiger partial charge is 0.573 e. The molecule has 1 heterocycles. The van der Waals surface area contributed by atoms with Crippen LogP contribution in [0.25, 0.3) is 0 Å². The minimum atomic E-state index is -4.71. The zero-order valence-electron chi connectivity index (χ0n) is 9.28. The molecule has 2 aromatic rings. The molecule has 1 N–H and O–H groups in total. The lowest BCUT2D eigenvalue weighted by atomic mass is 10.3. The highest BCUT2D eigenvalue weighted by atomic mass is 79.9. The molecule has 0 atom stereocenters. The van der Waals surface area contributed by atoms with E-state index in [1.54, 1.807) is 12.1 Å². The van der Waals surface area contributed by atoms with Crippen molar-refractivity contribution in [3.63, 3.8) is 0 Å². The number of hydrogen-bond donors (Lipinski definition) is 1. The summed E-state index contributed by atoms with van der Waals surface area (Å²) in [7, 11) is 0. The van der Waals surface area contributed by atoms with Crippen LogP contribution in [0.15, 0.2) is 41.3 Å². The van der Waals surface area contributed by atoms with E-state index in [0.717, 1.165) is 0 Å². The number of halogens is 4. The van der Waals surface area contributed by atoms with Crippen molar-refractivity contribution in [2.24, 2.45) is 0 Å². The lowest BCUT2D eigenvalue weighted by Gasteiger charge is -2.10. The molecule has 0 spiro atoms. The number of rotatable bonds is 3. The van der Waals surface area contributed by atoms with Crippen molar-refractivity contribution < 1.29 is 17.9 Å². The van der Waals surface area contributed by atoms with Crippen LogP contribution in [0.2, 0.25) is 0 Å². The summed E-state index contributed by atoms with van der Waals surface area (Å²) >= 11 is 3.17. The molecule has 8 heteroatoms. The molecule has 1 aromatic heterocycles. The molecule has 0 radical (unpaired) electrons. The molecule has 0 aliphatic heterocycles. The minimum Gasteiger partial charge on any atom is -0.406 e. The zero-order valence-corrected chi connectivity index (χ0v) is 10.9. The quantitative estimate of drug-likeness (QED) is 0.866. The minimum absolute atomic E-state index is 0.300. The Balaban J connectivity index is 2.15. The van der Waals surface area contributed by atoms with Gasteiger partial charge >= 0.3 is 6.36 Å². The maximum absolute atomic E-state index is 12.1. The van der Waals surface area contributed by atoms with Crippen LogP contribution in [-0.4, -0.2) is 16.3 Å². The van der Waals surface area contributed by atoms with Crippen LogP contribution >= 0.6 is 15.9 Å². The number of aromatic nitrogens is 2. The molecule has 0 saturated carbocycles. The molecule has 4 nitrogen and oxygen atoms in total. The number of nitrogens with one attached hydrogen (secondary N) is 1. The second-order valence-corrected chi connectivity index (χ2v) is 4.24. The van der Waals surface area contributed by atoms with Crippen LogP contribution in [-0.2, 0) is 0 Å². The molecule has 1 aromatic carbocycles. The summed E-state index contributed by atoms with van der Waals surface area (Å²) < 4.78 is 40.6. The smallest absolute Gasteiger partial charge is 0.406 e. The van der Waals surface area contributed by atoms with E-state index in [9.17, 15) is 13.2 Å². The van der Waals surface area contributed by atoms with Gasteiger partial charge in [0.1, 0.15) is 22.5 Å². The molecule has 2 rings (SSSR count). The first-order valence-electron chi connectivity index (χ1n) is 5.03. The average molecular weight is 334 g/mol. The van der Waals surface area contributed by atoms with Gasteiger partial charge < -0.3 is 10.1 Å². The van der Waals surface area contributed by atoms with Gasteiger partial charge in [-0.2, -0.15) is 0 Å². The van der Waals surface area contributed by atoms with Crippen LogP contribution in [0, 0.1) is 0 Å². The summed E-state index contributed by atoms with van der Waals surface area (Å²) in [4.78, 5) is 7.76. The van der Waals surface area contributed by atoms with Crippen molar-refractivity contribution in [2.75, 3.05) is 5.32 Å². The van der Waals surface area contributed by atoms with E-state index >= 15 is 0 Å². The lowest BCUT2D eigenvalue weighted by molar-refractivity contribution is -0.274. The second-order valence-electron chi connectivity index (χ2n) is 3.43. The third-order valence-corrected chi connectivity index (χ3v) is 2.41. The van der Waals surface area contributed by atoms with Gasteiger partial charge in [0.15, 0.2) is 0 Å². The first-order valence-corrected chi connectivity index (χ1v) is 5.82. The third-order valence-electron chi connectivity index (χ3n) is 1.97. The fourth-order valence-corrected chi connectivity index (χ4v) is 1.63. The predicted octanol–water partition coefficient (Wildman–Crippen LogP) is 3.88. The van der Waals surface area contributed by atoms with Crippen LogP contribution in [0.1, 0.15) is 0 Å². The maximum atomic E-state index is 12.1. The molecule has 0 bridgehead atoms. The Kier molecular flexibility index (Phi) is 3.89. The number of ether oxygens (including phenoxy) is 1. The van der Waals surface area contributed by atoms with Gasteiger partial charge in [-0.3, -0.25) is 0 Å². The van der Waals surface area contributed by atoms with Gasteiger partial charge in [0.25, 0.3) is 0 Å². The van der Waals surface area contributed by atoms with E-state index in [-0.39, 0.29) is 5.75 Å². The summed E-state index contributed by atoms with van der Waals surface area (Å²) in [6.07, 6.45) is -3.39. The Morgan fingerprint density at radius 2 is 1.95 bits per heavy atom. The Morgan fingerprint density at radius 1 is 1.16 bits per heavy atom. The summed E-state index contributed by atoms with van der Waals surface area (Å²) in [5, 5.41) is 2.84. The van der Waals surface area contributed by atoms with Crippen molar-refractivity contribution in [1.82, 2.24) is 9.97 Å². The Hall–Kier alpha value is -1.83. The molecule has 19 heavy (non-hydrogen) atoms. The van der Waals surface area contributed by atoms with Crippen molar-refractivity contribution in [3.05, 3.63) is 41.3 Å². The monoisotopic (exact) mass is 333 g/mol. The summed E-state index contributed by atoms with van der Waals surface area (Å²) in [6.45, 7) is 0. The van der Waals surface area contributed by atoms with E-state index in [0.29, 0.717) is 16.1 Å². The van der Waals surface area contributed by atoms with Crippen molar-refractivity contribution >= 4 is 27.4 Å². The second kappa shape index (κ2) is 5.43. The van der Waals surface area contributed by atoms with E-state index in [4.69, 9.17) is 0 Å². The van der Waals surface area contributed by atoms with Crippen LogP contribution in [0.5, 0.6) is 5.75 Å². The van der Waals surface area contributed by atoms with E-state index in [1.807, 2.05) is 0 Å². The fourth-order valence-electron chi connectivity index (χ4n) is 1.32. The molecule has 0 amide bonds. The summed E-state index contributed by atoms with van der Waals surface area (Å²) in [5.41, 5.74) is 0.423. The van der Waals surface area contributed by atoms with Gasteiger partial charge in [0, 0.05) is 17.8 Å². The third kappa shape index (κ3) is 4.40. The molecule has 100 valence electrons. The standard InChI is InChI=1S/C11H7BrF3N3O/c12-9-5-10(17-6-16-9)18-7-2-1-3-8(4-7)19-11(13,14)15/h1-6H,(H,16,17,18). The molecular weight excluding hydrogens is 327 g/mol. The summed E-state index contributed by atoms with van der Waals surface area (Å²) in [5.74, 6) is 0.150. The Bertz CT molecular complexity index is 577. The molecule has 0 unspecified atom stereocenters. The fraction of sp³-hybridized carbons (Fsp3) is 0.0909. The average Bonchev–Trinajstić information content (AvgIpc) is 2.27. The number of alkyl halides is 3. The molecule has 0 saturated heterocycles. The van der Waals surface area contributed by atoms with Gasteiger partial charge in [0.2, 0.25) is 0 Å². The Labute approximate surface area is 114 Å². The normalized spacial score (nSPS) is 11.2. The SMILES string of the molecule is FC(F)(F)Oc1cccc(Nc2cc(Br)ncn2)c1. The lowest BCUT2D eigenvalue weighted by Crippen LogP contribution is -2.17. The van der Waals surface area contributed by atoms with Gasteiger partial charge in [-0.25, -0.2) is 9.97 Å². The Morgan fingerprint density at radius 3 is 2.63 bits per heavy atom. The van der Waals surface area contributed by atoms with Gasteiger partial charge in [-0.1, -0.05) is 6.07 Å². The van der Waals surface area contributed by atoms with Crippen LogP contribution < -0.4 is 10.1 Å². The van der Waals surface area contributed by atoms with Crippen molar-refractivity contribution in [2.45, 2.75) is 6.36 Å². The van der Waals surface area contributed by atoms with Crippen molar-refractivity contribution in [3.8, 4) is 5.75 Å². The summed E-state index contributed by atoms with van der Waals surface area (Å²) in [6, 6.07) is 7.08. The molecule has 0 aliphatic rings. The van der Waals surface area contributed by atoms with Crippen molar-refractivity contribution in [1.29, 1.82) is 0 Å². The highest BCUT2D eigenvalue weighted by Gasteiger charge is 2.31. The van der Waals surface area contributed by atoms with E-state index in [1.165, 1.54) is 24.5 Å². The van der Waals surface area contributed by atoms with Crippen LogP contribution in [0.4, 0.5) is 24.7 Å². The number of nitrogens with zero attached hydrogens (tertiary/aromatic N) is 2. The highest BCUT2D eigenvalue weighted by molar-refractivity contribution is 9.10. The van der Waals surface area contributed by atoms with E-state index in [2.05, 4.69) is 36.0 Å². The number of hydrogen-bond acceptors (Lipinski definition) is 4. The van der Waals surface area contributed by atoms with Gasteiger partial charge in [-0.15, -0.1) is 13.2 Å². The first-order chi connectivity index (χ1) is 8.92. The topological polar surface area (TPSA) is 47.0 Å². The first kappa shape index (κ1) is 13.6. The highest BCUT2D eigenvalue weighted by Crippen LogP contribution is 2.26. The van der Waals surface area contributed by atoms with Gasteiger partial charge in [-0.05, 0) is 28.1 Å². The van der Waals surface area contributed by atoms with E-state index < -0.39 is 6.36 Å².